The van der Waals surface area contributed by atoms with Crippen molar-refractivity contribution in [3.63, 3.8) is 0 Å². The fourth-order valence-electron chi connectivity index (χ4n) is 6.19. The van der Waals surface area contributed by atoms with Gasteiger partial charge in [-0.1, -0.05) is 24.3 Å². The van der Waals surface area contributed by atoms with Gasteiger partial charge < -0.3 is 38.6 Å². The fraction of sp³-hybridized carbons (Fsp3) is 0.438. The molecule has 3 aliphatic rings. The first-order chi connectivity index (χ1) is 21.8. The summed E-state index contributed by atoms with van der Waals surface area (Å²) in [6.45, 7) is 3.92. The zero-order valence-corrected chi connectivity index (χ0v) is 25.4. The van der Waals surface area contributed by atoms with Crippen molar-refractivity contribution in [3.8, 4) is 11.5 Å². The first kappa shape index (κ1) is 32.6. The van der Waals surface area contributed by atoms with E-state index in [1.54, 1.807) is 12.1 Å². The molecule has 46 heavy (non-hydrogen) atoms. The van der Waals surface area contributed by atoms with E-state index >= 15 is 0 Å². The lowest BCUT2D eigenvalue weighted by Crippen LogP contribution is -2.63. The number of phenolic OH excluding ortho intramolecular Hbond substituents is 2. The molecule has 0 amide bonds. The van der Waals surface area contributed by atoms with Crippen molar-refractivity contribution in [1.82, 2.24) is 0 Å². The summed E-state index contributed by atoms with van der Waals surface area (Å²) < 4.78 is 33.8. The Morgan fingerprint density at radius 1 is 0.783 bits per heavy atom. The van der Waals surface area contributed by atoms with Gasteiger partial charge in [0.25, 0.3) is 0 Å². The van der Waals surface area contributed by atoms with E-state index in [1.165, 1.54) is 12.1 Å². The largest absolute Gasteiger partial charge is 0.507 e. The van der Waals surface area contributed by atoms with Crippen LogP contribution in [0.2, 0.25) is 0 Å². The number of benzene rings is 2. The third kappa shape index (κ3) is 6.05. The van der Waals surface area contributed by atoms with E-state index in [1.807, 2.05) is 0 Å². The van der Waals surface area contributed by atoms with E-state index in [9.17, 15) is 39.0 Å². The van der Waals surface area contributed by atoms with Crippen LogP contribution in [0, 0.1) is 0 Å². The van der Waals surface area contributed by atoms with Crippen LogP contribution in [-0.4, -0.2) is 83.0 Å². The summed E-state index contributed by atoms with van der Waals surface area (Å²) in [5.41, 5.74) is -0.335. The second-order valence-corrected chi connectivity index (χ2v) is 11.1. The molecule has 0 bridgehead atoms. The summed E-state index contributed by atoms with van der Waals surface area (Å²) in [5.74, 6) is -5.47. The SMILES string of the molecule is CC(=O)OCC1OC(OC2CCCc3c(O)c4c(c(O)c32)C(=O)c2ccccc2C4=O)C(OC(C)=O)C(OC(C)=O)C1OC(C)=O. The van der Waals surface area contributed by atoms with Gasteiger partial charge in [-0.25, -0.2) is 0 Å². The van der Waals surface area contributed by atoms with E-state index in [-0.39, 0.29) is 46.2 Å². The van der Waals surface area contributed by atoms with Crippen molar-refractivity contribution in [2.45, 2.75) is 83.8 Å². The van der Waals surface area contributed by atoms with Crippen LogP contribution in [0.3, 0.4) is 0 Å². The summed E-state index contributed by atoms with van der Waals surface area (Å²) in [4.78, 5) is 75.1. The first-order valence-electron chi connectivity index (χ1n) is 14.5. The van der Waals surface area contributed by atoms with Gasteiger partial charge in [0.15, 0.2) is 36.2 Å². The van der Waals surface area contributed by atoms with E-state index in [4.69, 9.17) is 28.4 Å². The molecule has 1 saturated heterocycles. The minimum absolute atomic E-state index is 0.0240. The molecule has 1 fully saturated rings. The highest BCUT2D eigenvalue weighted by Gasteiger charge is 2.54. The number of hydrogen-bond acceptors (Lipinski definition) is 14. The Hall–Kier alpha value is -4.82. The fourth-order valence-corrected chi connectivity index (χ4v) is 6.19. The molecule has 6 atom stereocenters. The maximum atomic E-state index is 13.5. The minimum Gasteiger partial charge on any atom is -0.507 e. The molecule has 5 rings (SSSR count). The van der Waals surface area contributed by atoms with Crippen molar-refractivity contribution in [1.29, 1.82) is 0 Å². The van der Waals surface area contributed by atoms with Crippen LogP contribution in [-0.2, 0) is 54.0 Å². The third-order valence-corrected chi connectivity index (χ3v) is 7.92. The highest BCUT2D eigenvalue weighted by molar-refractivity contribution is 6.30. The number of ketones is 2. The number of carbonyl (C=O) groups is 6. The molecular formula is C32H32O14. The van der Waals surface area contributed by atoms with Gasteiger partial charge in [0.05, 0.1) is 17.2 Å². The van der Waals surface area contributed by atoms with Crippen molar-refractivity contribution in [2.75, 3.05) is 6.61 Å². The highest BCUT2D eigenvalue weighted by Crippen LogP contribution is 2.50. The zero-order chi connectivity index (χ0) is 33.4. The van der Waals surface area contributed by atoms with Gasteiger partial charge in [-0.3, -0.25) is 28.8 Å². The number of fused-ring (bicyclic) bond motifs is 3. The minimum atomic E-state index is -1.58. The van der Waals surface area contributed by atoms with Crippen LogP contribution in [0.15, 0.2) is 24.3 Å². The third-order valence-electron chi connectivity index (χ3n) is 7.92. The molecule has 244 valence electrons. The van der Waals surface area contributed by atoms with Gasteiger partial charge in [0, 0.05) is 49.9 Å². The first-order valence-corrected chi connectivity index (χ1v) is 14.5. The quantitative estimate of drug-likeness (QED) is 0.217. The summed E-state index contributed by atoms with van der Waals surface area (Å²) in [5, 5.41) is 22.9. The molecule has 0 spiro atoms. The Labute approximate surface area is 262 Å². The van der Waals surface area contributed by atoms with Gasteiger partial charge in [-0.05, 0) is 19.3 Å². The molecule has 0 saturated carbocycles. The molecule has 0 radical (unpaired) electrons. The number of carbonyl (C=O) groups excluding carboxylic acids is 6. The number of rotatable bonds is 7. The number of aromatic hydroxyl groups is 2. The maximum absolute atomic E-state index is 13.5. The number of hydrogen-bond donors (Lipinski definition) is 2. The van der Waals surface area contributed by atoms with Crippen molar-refractivity contribution in [2.24, 2.45) is 0 Å². The van der Waals surface area contributed by atoms with Crippen molar-refractivity contribution >= 4 is 35.4 Å². The molecule has 2 aliphatic carbocycles. The zero-order valence-electron chi connectivity index (χ0n) is 25.4. The van der Waals surface area contributed by atoms with Gasteiger partial charge in [0.1, 0.15) is 24.2 Å². The Kier molecular flexibility index (Phi) is 9.13. The standard InChI is InChI=1S/C32H32O14/c1-13(33)41-12-21-29(42-14(2)34)30(43-15(3)35)31(44-16(4)36)32(46-21)45-20-11-7-10-19-22(20)28(40)24-23(27(19)39)25(37)17-8-5-6-9-18(17)26(24)38/h5-6,8-9,20-21,29-32,39-40H,7,10-12H2,1-4H3. The van der Waals surface area contributed by atoms with Gasteiger partial charge in [-0.2, -0.15) is 0 Å². The molecule has 1 aliphatic heterocycles. The highest BCUT2D eigenvalue weighted by atomic mass is 16.7. The van der Waals surface area contributed by atoms with Crippen molar-refractivity contribution < 1.29 is 67.4 Å². The second kappa shape index (κ2) is 12.9. The Morgan fingerprint density at radius 2 is 1.33 bits per heavy atom. The molecule has 2 N–H and O–H groups in total. The maximum Gasteiger partial charge on any atom is 0.303 e. The summed E-state index contributed by atoms with van der Waals surface area (Å²) in [6, 6.07) is 6.06. The molecule has 0 aromatic heterocycles. The molecule has 2 aromatic rings. The second-order valence-electron chi connectivity index (χ2n) is 11.1. The monoisotopic (exact) mass is 640 g/mol. The summed E-state index contributed by atoms with van der Waals surface area (Å²) in [6.07, 6.45) is -7.56. The van der Waals surface area contributed by atoms with E-state index in [0.717, 1.165) is 27.7 Å². The lowest BCUT2D eigenvalue weighted by atomic mass is 9.77. The number of ether oxygens (including phenoxy) is 6. The number of esters is 4. The van der Waals surface area contributed by atoms with E-state index < -0.39 is 90.4 Å². The summed E-state index contributed by atoms with van der Waals surface area (Å²) >= 11 is 0. The normalized spacial score (nSPS) is 25.0. The van der Waals surface area contributed by atoms with Gasteiger partial charge >= 0.3 is 23.9 Å². The predicted octanol–water partition coefficient (Wildman–Crippen LogP) is 2.35. The Morgan fingerprint density at radius 3 is 1.89 bits per heavy atom. The predicted molar refractivity (Wildman–Crippen MR) is 152 cm³/mol. The van der Waals surface area contributed by atoms with Crippen LogP contribution in [0.4, 0.5) is 0 Å². The topological polar surface area (TPSA) is 198 Å². The van der Waals surface area contributed by atoms with Crippen LogP contribution in [0.5, 0.6) is 11.5 Å². The lowest BCUT2D eigenvalue weighted by molar-refractivity contribution is -0.318. The smallest absolute Gasteiger partial charge is 0.303 e. The molecule has 14 nitrogen and oxygen atoms in total. The Bertz CT molecular complexity index is 1630. The molecule has 2 aromatic carbocycles. The van der Waals surface area contributed by atoms with Gasteiger partial charge in [0.2, 0.25) is 0 Å². The van der Waals surface area contributed by atoms with Crippen LogP contribution in [0.25, 0.3) is 0 Å². The molecular weight excluding hydrogens is 608 g/mol. The molecule has 14 heteroatoms. The van der Waals surface area contributed by atoms with Crippen LogP contribution < -0.4 is 0 Å². The molecule has 1 heterocycles. The van der Waals surface area contributed by atoms with E-state index in [0.29, 0.717) is 6.42 Å². The molecule has 6 unspecified atom stereocenters. The van der Waals surface area contributed by atoms with Crippen molar-refractivity contribution in [3.05, 3.63) is 57.6 Å². The Balaban J connectivity index is 1.58. The average Bonchev–Trinajstić information content (AvgIpc) is 2.99. The average molecular weight is 641 g/mol. The number of phenols is 2. The van der Waals surface area contributed by atoms with Crippen LogP contribution >= 0.6 is 0 Å². The summed E-state index contributed by atoms with van der Waals surface area (Å²) in [7, 11) is 0. The van der Waals surface area contributed by atoms with Gasteiger partial charge in [-0.15, -0.1) is 0 Å². The van der Waals surface area contributed by atoms with E-state index in [2.05, 4.69) is 0 Å². The van der Waals surface area contributed by atoms with Crippen LogP contribution in [0.1, 0.15) is 89.6 Å². The lowest BCUT2D eigenvalue weighted by Gasteiger charge is -2.45.